The fourth-order valence-corrected chi connectivity index (χ4v) is 5.44. The Bertz CT molecular complexity index is 1630. The first-order valence-electron chi connectivity index (χ1n) is 12.3. The number of carbonyl (C=O) groups excluding carboxylic acids is 2. The summed E-state index contributed by atoms with van der Waals surface area (Å²) in [5.41, 5.74) is 4.38. The van der Waals surface area contributed by atoms with Gasteiger partial charge in [0.1, 0.15) is 0 Å². The first-order chi connectivity index (χ1) is 18.9. The van der Waals surface area contributed by atoms with Crippen LogP contribution in [0.4, 0.5) is 11.4 Å². The number of nitrogens with one attached hydrogen (secondary N) is 1. The van der Waals surface area contributed by atoms with E-state index in [9.17, 15) is 19.7 Å². The zero-order valence-corrected chi connectivity index (χ0v) is 22.2. The molecular formula is C29H25N3O6S. The Balaban J connectivity index is 1.41. The molecule has 0 unspecified atom stereocenters. The van der Waals surface area contributed by atoms with Crippen molar-refractivity contribution in [1.82, 2.24) is 4.98 Å². The minimum atomic E-state index is -0.602. The largest absolute Gasteiger partial charge is 0.490 e. The van der Waals surface area contributed by atoms with E-state index in [1.54, 1.807) is 18.3 Å². The number of amides is 1. The summed E-state index contributed by atoms with van der Waals surface area (Å²) < 4.78 is 10.6. The Morgan fingerprint density at radius 2 is 2.00 bits per heavy atom. The van der Waals surface area contributed by atoms with Crippen molar-refractivity contribution in [3.8, 4) is 5.75 Å². The highest BCUT2D eigenvalue weighted by molar-refractivity contribution is 7.10. The fraction of sp³-hybridized carbons (Fsp3) is 0.207. The molecule has 1 aliphatic rings. The normalized spacial score (nSPS) is 13.6. The van der Waals surface area contributed by atoms with Crippen LogP contribution in [0.2, 0.25) is 0 Å². The smallest absolute Gasteiger partial charge is 0.339 e. The van der Waals surface area contributed by atoms with Crippen LogP contribution in [0.25, 0.3) is 22.6 Å². The number of nitro benzene ring substituents is 1. The number of fused-ring (bicyclic) bond motifs is 2. The Hall–Kier alpha value is -4.57. The minimum absolute atomic E-state index is 0.0131. The van der Waals surface area contributed by atoms with Gasteiger partial charge in [0.25, 0.3) is 5.91 Å². The number of hydrogen-bond acceptors (Lipinski definition) is 8. The van der Waals surface area contributed by atoms with Gasteiger partial charge in [-0.1, -0.05) is 24.3 Å². The third kappa shape index (κ3) is 5.37. The average Bonchev–Trinajstić information content (AvgIpc) is 3.44. The van der Waals surface area contributed by atoms with Gasteiger partial charge in [0.05, 0.1) is 28.8 Å². The molecule has 0 spiro atoms. The molecule has 2 aromatic heterocycles. The van der Waals surface area contributed by atoms with E-state index in [1.807, 2.05) is 41.8 Å². The van der Waals surface area contributed by atoms with Gasteiger partial charge in [-0.25, -0.2) is 9.78 Å². The summed E-state index contributed by atoms with van der Waals surface area (Å²) in [5.74, 6) is -1.16. The number of rotatable bonds is 7. The number of nitrogens with zero attached hydrogens (tertiary/aromatic N) is 2. The molecule has 4 aromatic rings. The molecule has 10 heteroatoms. The second-order valence-corrected chi connectivity index (χ2v) is 10.1. The molecule has 0 atom stereocenters. The lowest BCUT2D eigenvalue weighted by Crippen LogP contribution is -2.23. The third-order valence-corrected chi connectivity index (χ3v) is 7.38. The predicted molar refractivity (Wildman–Crippen MR) is 150 cm³/mol. The van der Waals surface area contributed by atoms with Crippen LogP contribution in [0.1, 0.15) is 44.9 Å². The number of para-hydroxylation sites is 1. The molecule has 0 radical (unpaired) electrons. The molecule has 0 fully saturated rings. The van der Waals surface area contributed by atoms with Gasteiger partial charge in [-0.15, -0.1) is 11.3 Å². The first kappa shape index (κ1) is 26.1. The maximum atomic E-state index is 13.5. The quantitative estimate of drug-likeness (QED) is 0.167. The van der Waals surface area contributed by atoms with Crippen molar-refractivity contribution in [3.05, 3.63) is 91.3 Å². The standard InChI is InChI=1S/C29H25N3O6S/c1-17-13-24(32(35)36)25(37-2)15-23(17)30-26(33)16-38-29(34)27-20-9-3-4-11-22(20)31-28-18(7-5-10-21(27)28)14-19-8-6-12-39-19/h3-4,6,8-9,11-15H,5,7,10,16H2,1-2H3,(H,30,33). The molecule has 5 rings (SSSR count). The summed E-state index contributed by atoms with van der Waals surface area (Å²) in [6, 6.07) is 14.1. The highest BCUT2D eigenvalue weighted by Crippen LogP contribution is 2.37. The molecule has 1 amide bonds. The van der Waals surface area contributed by atoms with E-state index in [4.69, 9.17) is 14.5 Å². The van der Waals surface area contributed by atoms with Crippen LogP contribution in [-0.4, -0.2) is 35.5 Å². The van der Waals surface area contributed by atoms with E-state index in [0.717, 1.165) is 34.5 Å². The molecule has 1 N–H and O–H groups in total. The van der Waals surface area contributed by atoms with Crippen LogP contribution in [0.15, 0.2) is 53.9 Å². The topological polar surface area (TPSA) is 121 Å². The van der Waals surface area contributed by atoms with Gasteiger partial charge < -0.3 is 14.8 Å². The molecule has 198 valence electrons. The van der Waals surface area contributed by atoms with Gasteiger partial charge in [0.15, 0.2) is 12.4 Å². The van der Waals surface area contributed by atoms with Crippen LogP contribution >= 0.6 is 11.3 Å². The lowest BCUT2D eigenvalue weighted by atomic mass is 9.86. The monoisotopic (exact) mass is 543 g/mol. The van der Waals surface area contributed by atoms with Crippen molar-refractivity contribution < 1.29 is 24.0 Å². The van der Waals surface area contributed by atoms with Crippen LogP contribution in [-0.2, 0) is 16.0 Å². The number of esters is 1. The van der Waals surface area contributed by atoms with Crippen molar-refractivity contribution in [3.63, 3.8) is 0 Å². The average molecular weight is 544 g/mol. The summed E-state index contributed by atoms with van der Waals surface area (Å²) in [4.78, 5) is 42.9. The molecule has 2 aromatic carbocycles. The summed E-state index contributed by atoms with van der Waals surface area (Å²) in [6.45, 7) is 1.10. The number of allylic oxidation sites excluding steroid dienone is 1. The van der Waals surface area contributed by atoms with Crippen molar-refractivity contribution in [2.75, 3.05) is 19.0 Å². The van der Waals surface area contributed by atoms with Crippen LogP contribution in [0, 0.1) is 17.0 Å². The van der Waals surface area contributed by atoms with Gasteiger partial charge in [-0.3, -0.25) is 14.9 Å². The Morgan fingerprint density at radius 1 is 1.18 bits per heavy atom. The Kier molecular flexibility index (Phi) is 7.38. The number of aryl methyl sites for hydroxylation is 1. The van der Waals surface area contributed by atoms with Gasteiger partial charge in [0, 0.05) is 28.1 Å². The predicted octanol–water partition coefficient (Wildman–Crippen LogP) is 6.19. The highest BCUT2D eigenvalue weighted by atomic mass is 32.1. The first-order valence-corrected chi connectivity index (χ1v) is 13.2. The summed E-state index contributed by atoms with van der Waals surface area (Å²) >= 11 is 1.64. The fourth-order valence-electron chi connectivity index (χ4n) is 4.76. The van der Waals surface area contributed by atoms with Crippen LogP contribution < -0.4 is 10.1 Å². The molecule has 2 heterocycles. The van der Waals surface area contributed by atoms with Crippen molar-refractivity contribution >= 4 is 57.1 Å². The van der Waals surface area contributed by atoms with Crippen LogP contribution in [0.5, 0.6) is 5.75 Å². The van der Waals surface area contributed by atoms with E-state index in [0.29, 0.717) is 34.1 Å². The van der Waals surface area contributed by atoms with Gasteiger partial charge in [0.2, 0.25) is 0 Å². The second-order valence-electron chi connectivity index (χ2n) is 9.09. The Morgan fingerprint density at radius 3 is 2.74 bits per heavy atom. The van der Waals surface area contributed by atoms with Crippen LogP contribution in [0.3, 0.4) is 0 Å². The minimum Gasteiger partial charge on any atom is -0.490 e. The Labute approximate surface area is 228 Å². The summed E-state index contributed by atoms with van der Waals surface area (Å²) in [5, 5.41) is 16.6. The number of pyridine rings is 1. The zero-order chi connectivity index (χ0) is 27.5. The zero-order valence-electron chi connectivity index (χ0n) is 21.4. The van der Waals surface area contributed by atoms with Gasteiger partial charge >= 0.3 is 11.7 Å². The molecule has 0 bridgehead atoms. The van der Waals surface area contributed by atoms with E-state index in [2.05, 4.69) is 11.4 Å². The lowest BCUT2D eigenvalue weighted by molar-refractivity contribution is -0.385. The number of anilines is 1. The van der Waals surface area contributed by atoms with E-state index in [-0.39, 0.29) is 11.4 Å². The lowest BCUT2D eigenvalue weighted by Gasteiger charge is -2.22. The number of methoxy groups -OCH3 is 1. The second kappa shape index (κ2) is 11.0. The number of aromatic nitrogens is 1. The number of hydrogen-bond donors (Lipinski definition) is 1. The summed E-state index contributed by atoms with van der Waals surface area (Å²) in [6.07, 6.45) is 4.51. The molecule has 39 heavy (non-hydrogen) atoms. The molecule has 9 nitrogen and oxygen atoms in total. The number of nitro groups is 1. The maximum Gasteiger partial charge on any atom is 0.339 e. The molecule has 1 aliphatic carbocycles. The number of ether oxygens (including phenoxy) is 2. The van der Waals surface area contributed by atoms with Crippen molar-refractivity contribution in [2.24, 2.45) is 0 Å². The molecule has 0 saturated carbocycles. The third-order valence-electron chi connectivity index (χ3n) is 6.57. The number of benzene rings is 2. The maximum absolute atomic E-state index is 13.5. The van der Waals surface area contributed by atoms with E-state index in [1.165, 1.54) is 19.2 Å². The SMILES string of the molecule is COc1cc(NC(=O)COC(=O)c2c3c(nc4ccccc24)C(=Cc2cccs2)CCC3)c(C)cc1[N+](=O)[O-]. The van der Waals surface area contributed by atoms with Gasteiger partial charge in [-0.05, 0) is 66.5 Å². The molecular weight excluding hydrogens is 518 g/mol. The molecule has 0 aliphatic heterocycles. The van der Waals surface area contributed by atoms with Crippen molar-refractivity contribution in [2.45, 2.75) is 26.2 Å². The van der Waals surface area contributed by atoms with E-state index < -0.39 is 23.4 Å². The molecule has 0 saturated heterocycles. The summed E-state index contributed by atoms with van der Waals surface area (Å²) in [7, 11) is 1.31. The van der Waals surface area contributed by atoms with E-state index >= 15 is 0 Å². The highest BCUT2D eigenvalue weighted by Gasteiger charge is 2.27. The van der Waals surface area contributed by atoms with Gasteiger partial charge in [-0.2, -0.15) is 0 Å². The van der Waals surface area contributed by atoms with Crippen molar-refractivity contribution in [1.29, 1.82) is 0 Å². The number of carbonyl (C=O) groups is 2. The number of thiophene rings is 1.